The third kappa shape index (κ3) is 7.64. The van der Waals surface area contributed by atoms with Crippen LogP contribution >= 0.6 is 0 Å². The average Bonchev–Trinajstić information content (AvgIpc) is 3.93. The van der Waals surface area contributed by atoms with E-state index in [1.54, 1.807) is 12.0 Å². The Morgan fingerprint density at radius 3 is 2.06 bits per heavy atom. The fourth-order valence-corrected chi connectivity index (χ4v) is 40.7. The van der Waals surface area contributed by atoms with Gasteiger partial charge in [0.1, 0.15) is 0 Å². The average molecular weight is 866 g/mol. The van der Waals surface area contributed by atoms with E-state index in [4.69, 9.17) is 0 Å². The van der Waals surface area contributed by atoms with Crippen LogP contribution in [0.3, 0.4) is 0 Å². The van der Waals surface area contributed by atoms with Crippen molar-refractivity contribution in [1.82, 2.24) is 0 Å². The zero-order valence-electron chi connectivity index (χ0n) is 31.6. The van der Waals surface area contributed by atoms with Crippen molar-refractivity contribution < 1.29 is 64.4 Å². The summed E-state index contributed by atoms with van der Waals surface area (Å²) in [6.07, 6.45) is 34.6. The third-order valence-corrected chi connectivity index (χ3v) is 43.6. The Balaban J connectivity index is 0.000000241. The number of benzene rings is 2. The number of unbranched alkanes of at least 4 members (excludes halogenated alkanes) is 2. The number of allylic oxidation sites excluding steroid dienone is 12. The Morgan fingerprint density at radius 2 is 1.42 bits per heavy atom. The first kappa shape index (κ1) is 41.7. The summed E-state index contributed by atoms with van der Waals surface area (Å²) < 4.78 is 12.9. The molecule has 0 spiro atoms. The van der Waals surface area contributed by atoms with Gasteiger partial charge in [-0.3, -0.25) is 0 Å². The van der Waals surface area contributed by atoms with Crippen molar-refractivity contribution in [2.45, 2.75) is 118 Å². The number of rotatable bonds is 10. The standard InChI is InChI=1S/C13H9.C9H11.2C5H5.2C4H9.2C3H6.2ClH.2Zr/c1-3-7-12-10(5-1)9-11-6-2-4-8-13(11)12;1-2-5-9-7-3-6-8(9)4-1;2*1-2-4-5-3-1;2*1-3-4-2;2*1-3-2;;;;/h1-5,7-8H,9H2;1-2,4,6,9H,3,5,7H2;2*1-3H,4H2;2*1,3-4H2,2H3;2*1-2H3;2*1H;;/q;;;;;;;;;;;+2/p-2. The molecule has 0 heterocycles. The van der Waals surface area contributed by atoms with E-state index in [1.807, 2.05) is 15.4 Å². The first-order chi connectivity index (χ1) is 23.3. The fourth-order valence-electron chi connectivity index (χ4n) is 10.5. The molecule has 4 heteroatoms. The summed E-state index contributed by atoms with van der Waals surface area (Å²) in [5.74, 6) is 0.893. The van der Waals surface area contributed by atoms with Crippen LogP contribution in [-0.4, -0.2) is 6.41 Å². The molecule has 1 saturated carbocycles. The molecule has 5 aliphatic rings. The van der Waals surface area contributed by atoms with Gasteiger partial charge in [0, 0.05) is 0 Å². The van der Waals surface area contributed by atoms with Crippen LogP contribution in [0.5, 0.6) is 0 Å². The van der Waals surface area contributed by atoms with Crippen LogP contribution < -0.4 is 28.1 Å². The van der Waals surface area contributed by atoms with E-state index in [0.29, 0.717) is 0 Å². The number of hydrogen-bond donors (Lipinski definition) is 0. The van der Waals surface area contributed by atoms with Crippen molar-refractivity contribution in [2.24, 2.45) is 5.92 Å². The molecule has 2 atom stereocenters. The largest absolute Gasteiger partial charge is 1.00 e. The molecule has 0 nitrogen and oxygen atoms in total. The predicted molar refractivity (Wildman–Crippen MR) is 208 cm³/mol. The molecule has 1 fully saturated rings. The molecule has 50 heavy (non-hydrogen) atoms. The van der Waals surface area contributed by atoms with E-state index in [0.717, 1.165) is 16.0 Å². The minimum atomic E-state index is -3.63. The van der Waals surface area contributed by atoms with E-state index >= 15 is 0 Å². The van der Waals surface area contributed by atoms with Crippen LogP contribution in [0, 0.1) is 5.92 Å². The molecule has 2 aromatic rings. The first-order valence-electron chi connectivity index (χ1n) is 19.3. The van der Waals surface area contributed by atoms with Crippen LogP contribution in [0.2, 0.25) is 11.9 Å². The van der Waals surface area contributed by atoms with Crippen LogP contribution in [0.1, 0.15) is 110 Å². The van der Waals surface area contributed by atoms with Crippen molar-refractivity contribution in [1.29, 1.82) is 0 Å². The van der Waals surface area contributed by atoms with Crippen molar-refractivity contribution in [3.63, 3.8) is 0 Å². The smallest absolute Gasteiger partial charge is 1.00 e. The molecular weight excluding hydrogens is 806 g/mol. The van der Waals surface area contributed by atoms with Crippen LogP contribution in [-0.2, 0) is 46.0 Å². The summed E-state index contributed by atoms with van der Waals surface area (Å²) in [5, 5.41) is 0. The molecule has 0 aliphatic heterocycles. The number of fused-ring (bicyclic) bond motifs is 4. The van der Waals surface area contributed by atoms with Gasteiger partial charge in [0.2, 0.25) is 0 Å². The normalized spacial score (nSPS) is 19.4. The molecule has 0 N–H and O–H groups in total. The molecule has 0 amide bonds. The Bertz CT molecular complexity index is 1820. The van der Waals surface area contributed by atoms with E-state index < -0.39 is 39.6 Å². The van der Waals surface area contributed by atoms with Gasteiger partial charge >= 0.3 is 304 Å². The molecule has 0 radical (unpaired) electrons. The second-order valence-corrected chi connectivity index (χ2v) is 39.7. The summed E-state index contributed by atoms with van der Waals surface area (Å²) in [5.41, 5.74) is 8.01. The van der Waals surface area contributed by atoms with Gasteiger partial charge in [0.25, 0.3) is 0 Å². The third-order valence-electron chi connectivity index (χ3n) is 12.9. The van der Waals surface area contributed by atoms with Gasteiger partial charge < -0.3 is 24.8 Å². The SMILES string of the molecule is CCC[CH2][Zr]([CH2]CCC)([C]1=CC=CC1)(=[C](C)C)[c]1cccc2c1Cc1ccccc1-2.C[C](C)=[Zr+2]([C]1=CC=CC1)[CH]1CCC2CC=CC=C21.[Cl-].[Cl-]. The molecule has 7 rings (SSSR count). The van der Waals surface area contributed by atoms with E-state index in [-0.39, 0.29) is 24.8 Å². The van der Waals surface area contributed by atoms with E-state index in [9.17, 15) is 0 Å². The van der Waals surface area contributed by atoms with Crippen molar-refractivity contribution in [2.75, 3.05) is 0 Å². The minimum Gasteiger partial charge on any atom is -1.00 e. The monoisotopic (exact) mass is 862 g/mol. The fraction of sp³-hybridized carbons (Fsp3) is 0.435. The Labute approximate surface area is 326 Å². The van der Waals surface area contributed by atoms with Gasteiger partial charge in [-0.25, -0.2) is 0 Å². The summed E-state index contributed by atoms with van der Waals surface area (Å²) in [7, 11) is 0. The molecule has 5 aliphatic carbocycles. The second-order valence-electron chi connectivity index (χ2n) is 15.8. The maximum atomic E-state index is 2.58. The molecular formula is C46H60Cl2Zr2. The summed E-state index contributed by atoms with van der Waals surface area (Å²) in [6, 6.07) is 16.5. The summed E-state index contributed by atoms with van der Waals surface area (Å²) in [6.45, 7) is 14.6. The van der Waals surface area contributed by atoms with Gasteiger partial charge in [-0.1, -0.05) is 0 Å². The summed E-state index contributed by atoms with van der Waals surface area (Å²) in [4.78, 5) is 0. The maximum Gasteiger partial charge on any atom is -1.00 e. The minimum absolute atomic E-state index is 0. The van der Waals surface area contributed by atoms with Gasteiger partial charge in [0.05, 0.1) is 0 Å². The topological polar surface area (TPSA) is 0 Å². The van der Waals surface area contributed by atoms with Crippen molar-refractivity contribution in [3.05, 3.63) is 120 Å². The Kier molecular flexibility index (Phi) is 15.3. The quantitative estimate of drug-likeness (QED) is 0.210. The Morgan fingerprint density at radius 1 is 0.740 bits per heavy atom. The Hall–Kier alpha value is -1.03. The van der Waals surface area contributed by atoms with Gasteiger partial charge in [-0.15, -0.1) is 0 Å². The maximum absolute atomic E-state index is 3.63. The van der Waals surface area contributed by atoms with Crippen LogP contribution in [0.15, 0.2) is 109 Å². The van der Waals surface area contributed by atoms with Gasteiger partial charge in [-0.2, -0.15) is 0 Å². The molecule has 0 aromatic heterocycles. The molecule has 0 saturated heterocycles. The number of halogens is 2. The van der Waals surface area contributed by atoms with E-state index in [2.05, 4.69) is 139 Å². The predicted octanol–water partition coefficient (Wildman–Crippen LogP) is 6.82. The molecule has 2 aromatic carbocycles. The van der Waals surface area contributed by atoms with Crippen molar-refractivity contribution in [3.8, 4) is 11.1 Å². The van der Waals surface area contributed by atoms with Crippen LogP contribution in [0.4, 0.5) is 0 Å². The molecule has 266 valence electrons. The van der Waals surface area contributed by atoms with Crippen LogP contribution in [0.25, 0.3) is 11.1 Å². The van der Waals surface area contributed by atoms with E-state index in [1.165, 1.54) is 82.7 Å². The van der Waals surface area contributed by atoms with Crippen molar-refractivity contribution >= 4 is 9.68 Å². The molecule has 0 bridgehead atoms. The zero-order chi connectivity index (χ0) is 33.8. The second kappa shape index (κ2) is 18.3. The number of hydrogen-bond acceptors (Lipinski definition) is 0. The summed E-state index contributed by atoms with van der Waals surface area (Å²) >= 11 is -5.18. The first-order valence-corrected chi connectivity index (χ1v) is 30.3. The zero-order valence-corrected chi connectivity index (χ0v) is 38.1. The van der Waals surface area contributed by atoms with Gasteiger partial charge in [-0.05, 0) is 0 Å². The molecule has 2 unspecified atom stereocenters. The van der Waals surface area contributed by atoms with Gasteiger partial charge in [0.15, 0.2) is 0 Å².